The molecule has 2 aliphatic rings. The molecule has 1 aromatic carbocycles. The molecule has 3 heteroatoms. The van der Waals surface area contributed by atoms with Crippen molar-refractivity contribution in [2.24, 2.45) is 5.92 Å². The van der Waals surface area contributed by atoms with E-state index in [9.17, 15) is 5.11 Å². The molecule has 0 amide bonds. The Morgan fingerprint density at radius 1 is 1.31 bits per heavy atom. The fourth-order valence-electron chi connectivity index (χ4n) is 2.31. The zero-order valence-electron chi connectivity index (χ0n) is 9.40. The van der Waals surface area contributed by atoms with E-state index in [4.69, 9.17) is 9.47 Å². The summed E-state index contributed by atoms with van der Waals surface area (Å²) in [5.74, 6) is 2.07. The SMILES string of the molecule is CC(O)(Cc1ccc2c(c1)OCO2)C1CC1. The normalized spacial score (nSPS) is 21.9. The first-order chi connectivity index (χ1) is 7.65. The molecular formula is C13H16O3. The van der Waals surface area contributed by atoms with Gasteiger partial charge in [-0.3, -0.25) is 0 Å². The van der Waals surface area contributed by atoms with Gasteiger partial charge in [-0.15, -0.1) is 0 Å². The maximum Gasteiger partial charge on any atom is 0.231 e. The van der Waals surface area contributed by atoms with Crippen LogP contribution in [-0.2, 0) is 6.42 Å². The summed E-state index contributed by atoms with van der Waals surface area (Å²) >= 11 is 0. The highest BCUT2D eigenvalue weighted by Crippen LogP contribution is 2.42. The number of fused-ring (bicyclic) bond motifs is 1. The van der Waals surface area contributed by atoms with Crippen LogP contribution < -0.4 is 9.47 Å². The first-order valence-corrected chi connectivity index (χ1v) is 5.76. The van der Waals surface area contributed by atoms with E-state index >= 15 is 0 Å². The molecule has 0 aromatic heterocycles. The average molecular weight is 220 g/mol. The molecule has 0 radical (unpaired) electrons. The van der Waals surface area contributed by atoms with Crippen LogP contribution in [0.2, 0.25) is 0 Å². The standard InChI is InChI=1S/C13H16O3/c1-13(14,10-3-4-10)7-9-2-5-11-12(6-9)16-8-15-11/h2,5-6,10,14H,3-4,7-8H2,1H3. The topological polar surface area (TPSA) is 38.7 Å². The number of ether oxygens (including phenoxy) is 2. The Kier molecular flexibility index (Phi) is 2.11. The fourth-order valence-corrected chi connectivity index (χ4v) is 2.31. The summed E-state index contributed by atoms with van der Waals surface area (Å²) in [6.07, 6.45) is 2.99. The molecule has 1 unspecified atom stereocenters. The molecule has 3 rings (SSSR count). The summed E-state index contributed by atoms with van der Waals surface area (Å²) in [6, 6.07) is 5.89. The molecule has 0 spiro atoms. The van der Waals surface area contributed by atoms with Crippen molar-refractivity contribution in [2.45, 2.75) is 31.8 Å². The second kappa shape index (κ2) is 3.39. The van der Waals surface area contributed by atoms with Crippen molar-refractivity contribution in [2.75, 3.05) is 6.79 Å². The van der Waals surface area contributed by atoms with Crippen LogP contribution in [0.25, 0.3) is 0 Å². The van der Waals surface area contributed by atoms with E-state index in [-0.39, 0.29) is 0 Å². The summed E-state index contributed by atoms with van der Waals surface area (Å²) in [6.45, 7) is 2.23. The smallest absolute Gasteiger partial charge is 0.231 e. The lowest BCUT2D eigenvalue weighted by molar-refractivity contribution is 0.0372. The van der Waals surface area contributed by atoms with Gasteiger partial charge in [0.1, 0.15) is 0 Å². The summed E-state index contributed by atoms with van der Waals surface area (Å²) in [5.41, 5.74) is 0.536. The van der Waals surface area contributed by atoms with Crippen LogP contribution >= 0.6 is 0 Å². The lowest BCUT2D eigenvalue weighted by Gasteiger charge is -2.23. The number of hydrogen-bond donors (Lipinski definition) is 1. The number of rotatable bonds is 3. The van der Waals surface area contributed by atoms with Gasteiger partial charge in [0.25, 0.3) is 0 Å². The minimum Gasteiger partial charge on any atom is -0.454 e. The molecule has 1 aliphatic carbocycles. The predicted octanol–water partition coefficient (Wildman–Crippen LogP) is 2.12. The van der Waals surface area contributed by atoms with Crippen LogP contribution in [0.1, 0.15) is 25.3 Å². The maximum absolute atomic E-state index is 10.3. The predicted molar refractivity (Wildman–Crippen MR) is 59.6 cm³/mol. The van der Waals surface area contributed by atoms with Gasteiger partial charge in [0.05, 0.1) is 5.60 Å². The van der Waals surface area contributed by atoms with E-state index < -0.39 is 5.60 Å². The lowest BCUT2D eigenvalue weighted by atomic mass is 9.92. The lowest BCUT2D eigenvalue weighted by Crippen LogP contribution is -2.29. The first kappa shape index (κ1) is 9.97. The van der Waals surface area contributed by atoms with Crippen molar-refractivity contribution in [1.29, 1.82) is 0 Å². The third kappa shape index (κ3) is 1.76. The Balaban J connectivity index is 1.79. The van der Waals surface area contributed by atoms with E-state index in [1.165, 1.54) is 0 Å². The summed E-state index contributed by atoms with van der Waals surface area (Å²) in [7, 11) is 0. The summed E-state index contributed by atoms with van der Waals surface area (Å²) in [4.78, 5) is 0. The minimum atomic E-state index is -0.576. The quantitative estimate of drug-likeness (QED) is 0.848. The van der Waals surface area contributed by atoms with E-state index in [2.05, 4.69) is 0 Å². The highest BCUT2D eigenvalue weighted by Gasteiger charge is 2.39. The zero-order chi connectivity index (χ0) is 11.2. The second-order valence-electron chi connectivity index (χ2n) is 5.00. The van der Waals surface area contributed by atoms with Crippen LogP contribution in [0.15, 0.2) is 18.2 Å². The number of benzene rings is 1. The second-order valence-corrected chi connectivity index (χ2v) is 5.00. The monoisotopic (exact) mass is 220 g/mol. The van der Waals surface area contributed by atoms with Crippen molar-refractivity contribution >= 4 is 0 Å². The summed E-state index contributed by atoms with van der Waals surface area (Å²) in [5, 5.41) is 10.3. The van der Waals surface area contributed by atoms with Gasteiger partial charge in [-0.05, 0) is 43.4 Å². The largest absolute Gasteiger partial charge is 0.454 e. The van der Waals surface area contributed by atoms with Crippen molar-refractivity contribution < 1.29 is 14.6 Å². The minimum absolute atomic E-state index is 0.303. The molecule has 86 valence electrons. The molecule has 3 nitrogen and oxygen atoms in total. The van der Waals surface area contributed by atoms with Gasteiger partial charge in [-0.25, -0.2) is 0 Å². The van der Waals surface area contributed by atoms with Crippen molar-refractivity contribution in [3.8, 4) is 11.5 Å². The molecule has 0 saturated heterocycles. The Hall–Kier alpha value is -1.22. The van der Waals surface area contributed by atoms with Crippen LogP contribution in [0, 0.1) is 5.92 Å². The Bertz CT molecular complexity index is 408. The van der Waals surface area contributed by atoms with Crippen LogP contribution in [0.5, 0.6) is 11.5 Å². The summed E-state index contributed by atoms with van der Waals surface area (Å²) < 4.78 is 10.6. The third-order valence-electron chi connectivity index (χ3n) is 3.46. The fraction of sp³-hybridized carbons (Fsp3) is 0.538. The van der Waals surface area contributed by atoms with Crippen molar-refractivity contribution in [3.05, 3.63) is 23.8 Å². The van der Waals surface area contributed by atoms with Gasteiger partial charge >= 0.3 is 0 Å². The highest BCUT2D eigenvalue weighted by molar-refractivity contribution is 5.44. The first-order valence-electron chi connectivity index (χ1n) is 5.76. The molecule has 1 fully saturated rings. The van der Waals surface area contributed by atoms with Crippen LogP contribution in [0.3, 0.4) is 0 Å². The average Bonchev–Trinajstić information content (AvgIpc) is 2.99. The zero-order valence-corrected chi connectivity index (χ0v) is 9.40. The Morgan fingerprint density at radius 2 is 2.06 bits per heavy atom. The molecule has 1 atom stereocenters. The van der Waals surface area contributed by atoms with Crippen LogP contribution in [-0.4, -0.2) is 17.5 Å². The van der Waals surface area contributed by atoms with Crippen LogP contribution in [0.4, 0.5) is 0 Å². The van der Waals surface area contributed by atoms with Gasteiger partial charge in [-0.2, -0.15) is 0 Å². The Labute approximate surface area is 95.0 Å². The van der Waals surface area contributed by atoms with Gasteiger partial charge in [-0.1, -0.05) is 6.07 Å². The van der Waals surface area contributed by atoms with E-state index in [0.29, 0.717) is 19.1 Å². The van der Waals surface area contributed by atoms with Crippen molar-refractivity contribution in [1.82, 2.24) is 0 Å². The van der Waals surface area contributed by atoms with Crippen molar-refractivity contribution in [3.63, 3.8) is 0 Å². The van der Waals surface area contributed by atoms with Gasteiger partial charge in [0.2, 0.25) is 6.79 Å². The van der Waals surface area contributed by atoms with Gasteiger partial charge in [0.15, 0.2) is 11.5 Å². The molecule has 1 aliphatic heterocycles. The molecule has 1 N–H and O–H groups in total. The molecule has 0 bridgehead atoms. The Morgan fingerprint density at radius 3 is 2.81 bits per heavy atom. The third-order valence-corrected chi connectivity index (χ3v) is 3.46. The number of hydrogen-bond acceptors (Lipinski definition) is 3. The number of aliphatic hydroxyl groups is 1. The van der Waals surface area contributed by atoms with E-state index in [1.54, 1.807) is 0 Å². The molecular weight excluding hydrogens is 204 g/mol. The maximum atomic E-state index is 10.3. The molecule has 1 heterocycles. The molecule has 16 heavy (non-hydrogen) atoms. The molecule has 1 aromatic rings. The van der Waals surface area contributed by atoms with Gasteiger partial charge < -0.3 is 14.6 Å². The molecule has 1 saturated carbocycles. The van der Waals surface area contributed by atoms with E-state index in [1.807, 2.05) is 25.1 Å². The highest BCUT2D eigenvalue weighted by atomic mass is 16.7. The van der Waals surface area contributed by atoms with E-state index in [0.717, 1.165) is 29.9 Å². The van der Waals surface area contributed by atoms with Gasteiger partial charge in [0, 0.05) is 6.42 Å².